The number of likely N-dealkylation sites (tertiary alicyclic amines) is 1. The summed E-state index contributed by atoms with van der Waals surface area (Å²) in [5.74, 6) is -0.462. The fraction of sp³-hybridized carbons (Fsp3) is 0.533. The van der Waals surface area contributed by atoms with Crippen molar-refractivity contribution < 1.29 is 9.52 Å². The van der Waals surface area contributed by atoms with Crippen LogP contribution < -0.4 is 5.76 Å². The third-order valence-electron chi connectivity index (χ3n) is 4.18. The molecule has 1 aliphatic rings. The molecular weight excluding hydrogens is 256 g/mol. The van der Waals surface area contributed by atoms with Crippen LogP contribution in [0.15, 0.2) is 27.4 Å². The molecule has 2 atom stereocenters. The van der Waals surface area contributed by atoms with E-state index in [9.17, 15) is 9.90 Å². The van der Waals surface area contributed by atoms with Crippen LogP contribution in [0.3, 0.4) is 0 Å². The maximum atomic E-state index is 11.1. The maximum absolute atomic E-state index is 11.1. The highest BCUT2D eigenvalue weighted by atomic mass is 16.4. The first kappa shape index (κ1) is 13.4. The molecule has 1 aromatic heterocycles. The van der Waals surface area contributed by atoms with Crippen molar-refractivity contribution in [2.75, 3.05) is 13.1 Å². The minimum atomic E-state index is -0.555. The number of nitrogens with one attached hydrogen (secondary N) is 1. The van der Waals surface area contributed by atoms with Crippen LogP contribution in [-0.2, 0) is 0 Å². The molecule has 0 amide bonds. The lowest BCUT2D eigenvalue weighted by atomic mass is 10.0. The summed E-state index contributed by atoms with van der Waals surface area (Å²) < 4.78 is 5.03. The fourth-order valence-electron chi connectivity index (χ4n) is 2.93. The van der Waals surface area contributed by atoms with Crippen molar-refractivity contribution in [2.45, 2.75) is 38.3 Å². The maximum Gasteiger partial charge on any atom is 0.417 e. The highest BCUT2D eigenvalue weighted by Gasteiger charge is 2.21. The molecule has 3 rings (SSSR count). The Morgan fingerprint density at radius 2 is 2.35 bits per heavy atom. The van der Waals surface area contributed by atoms with E-state index in [1.807, 2.05) is 6.07 Å². The van der Waals surface area contributed by atoms with Gasteiger partial charge in [-0.05, 0) is 44.0 Å². The van der Waals surface area contributed by atoms with E-state index >= 15 is 0 Å². The van der Waals surface area contributed by atoms with Crippen LogP contribution >= 0.6 is 0 Å². The van der Waals surface area contributed by atoms with Crippen LogP contribution in [0.1, 0.15) is 37.9 Å². The van der Waals surface area contributed by atoms with Gasteiger partial charge in [-0.3, -0.25) is 9.88 Å². The molecule has 5 nitrogen and oxygen atoms in total. The first-order valence-corrected chi connectivity index (χ1v) is 7.18. The van der Waals surface area contributed by atoms with Gasteiger partial charge in [0.05, 0.1) is 11.6 Å². The third-order valence-corrected chi connectivity index (χ3v) is 4.18. The average Bonchev–Trinajstić information content (AvgIpc) is 2.80. The fourth-order valence-corrected chi connectivity index (χ4v) is 2.93. The molecule has 1 saturated heterocycles. The van der Waals surface area contributed by atoms with E-state index in [0.717, 1.165) is 12.1 Å². The Kier molecular flexibility index (Phi) is 3.63. The smallest absolute Gasteiger partial charge is 0.408 e. The highest BCUT2D eigenvalue weighted by molar-refractivity contribution is 5.72. The van der Waals surface area contributed by atoms with E-state index in [4.69, 9.17) is 4.42 Å². The van der Waals surface area contributed by atoms with E-state index in [1.54, 1.807) is 12.1 Å². The summed E-state index contributed by atoms with van der Waals surface area (Å²) in [5.41, 5.74) is 1.95. The van der Waals surface area contributed by atoms with Crippen molar-refractivity contribution in [3.05, 3.63) is 34.3 Å². The Balaban J connectivity index is 1.77. The number of piperidine rings is 1. The number of fused-ring (bicyclic) bond motifs is 1. The van der Waals surface area contributed by atoms with Crippen LogP contribution in [0.2, 0.25) is 0 Å². The molecule has 2 unspecified atom stereocenters. The summed E-state index contributed by atoms with van der Waals surface area (Å²) in [4.78, 5) is 16.1. The number of oxazole rings is 1. The number of aliphatic hydroxyl groups is 1. The normalized spacial score (nSPS) is 22.2. The Morgan fingerprint density at radius 1 is 1.50 bits per heavy atom. The second-order valence-corrected chi connectivity index (χ2v) is 5.63. The zero-order chi connectivity index (χ0) is 14.1. The van der Waals surface area contributed by atoms with Gasteiger partial charge in [0.15, 0.2) is 5.58 Å². The first-order chi connectivity index (χ1) is 9.63. The van der Waals surface area contributed by atoms with Gasteiger partial charge in [-0.15, -0.1) is 0 Å². The summed E-state index contributed by atoms with van der Waals surface area (Å²) in [5, 5.41) is 10.4. The predicted octanol–water partition coefficient (Wildman–Crippen LogP) is 2.03. The molecule has 2 aromatic rings. The summed E-state index contributed by atoms with van der Waals surface area (Å²) in [6.45, 7) is 3.88. The Hall–Kier alpha value is -1.59. The Labute approximate surface area is 117 Å². The number of hydrogen-bond acceptors (Lipinski definition) is 4. The first-order valence-electron chi connectivity index (χ1n) is 7.18. The molecule has 0 radical (unpaired) electrons. The van der Waals surface area contributed by atoms with Gasteiger partial charge in [-0.1, -0.05) is 12.5 Å². The third kappa shape index (κ3) is 2.64. The lowest BCUT2D eigenvalue weighted by Crippen LogP contribution is -2.40. The van der Waals surface area contributed by atoms with Crippen LogP contribution in [0, 0.1) is 0 Å². The molecule has 0 spiro atoms. The molecule has 1 aromatic carbocycles. The van der Waals surface area contributed by atoms with Gasteiger partial charge in [0.1, 0.15) is 0 Å². The average molecular weight is 276 g/mol. The Morgan fingerprint density at radius 3 is 3.15 bits per heavy atom. The zero-order valence-corrected chi connectivity index (χ0v) is 11.6. The van der Waals surface area contributed by atoms with Crippen molar-refractivity contribution in [1.82, 2.24) is 9.88 Å². The number of H-pyrrole nitrogens is 1. The molecule has 0 aliphatic carbocycles. The topological polar surface area (TPSA) is 69.5 Å². The number of benzene rings is 1. The van der Waals surface area contributed by atoms with E-state index in [1.165, 1.54) is 19.3 Å². The van der Waals surface area contributed by atoms with Crippen molar-refractivity contribution in [3.63, 3.8) is 0 Å². The number of aromatic amines is 1. The minimum Gasteiger partial charge on any atom is -0.408 e. The molecule has 5 heteroatoms. The quantitative estimate of drug-likeness (QED) is 0.900. The van der Waals surface area contributed by atoms with Crippen LogP contribution in [0.25, 0.3) is 11.1 Å². The standard InChI is InChI=1S/C15H20N2O3/c1-10-4-2-3-7-17(10)9-13(18)11-5-6-12-14(8-11)20-15(19)16-12/h5-6,8,10,13,18H,2-4,7,9H2,1H3,(H,16,19). The molecular formula is C15H20N2O3. The lowest BCUT2D eigenvalue weighted by Gasteiger charge is -2.34. The van der Waals surface area contributed by atoms with E-state index in [0.29, 0.717) is 23.7 Å². The number of β-amino-alcohol motifs (C(OH)–C–C–N with tert-alkyl or cyclic N) is 1. The van der Waals surface area contributed by atoms with Gasteiger partial charge in [0.25, 0.3) is 0 Å². The predicted molar refractivity (Wildman–Crippen MR) is 76.7 cm³/mol. The monoisotopic (exact) mass is 276 g/mol. The van der Waals surface area contributed by atoms with Crippen LogP contribution in [0.4, 0.5) is 0 Å². The molecule has 108 valence electrons. The second kappa shape index (κ2) is 5.42. The van der Waals surface area contributed by atoms with E-state index in [-0.39, 0.29) is 0 Å². The lowest BCUT2D eigenvalue weighted by molar-refractivity contribution is 0.0733. The van der Waals surface area contributed by atoms with E-state index < -0.39 is 11.9 Å². The second-order valence-electron chi connectivity index (χ2n) is 5.63. The van der Waals surface area contributed by atoms with Crippen molar-refractivity contribution in [2.24, 2.45) is 0 Å². The number of hydrogen-bond donors (Lipinski definition) is 2. The van der Waals surface area contributed by atoms with Gasteiger partial charge < -0.3 is 9.52 Å². The summed E-state index contributed by atoms with van der Waals surface area (Å²) in [6, 6.07) is 5.88. The molecule has 2 N–H and O–H groups in total. The SMILES string of the molecule is CC1CCCCN1CC(O)c1ccc2[nH]c(=O)oc2c1. The van der Waals surface area contributed by atoms with Gasteiger partial charge >= 0.3 is 5.76 Å². The number of aliphatic hydroxyl groups excluding tert-OH is 1. The number of nitrogens with zero attached hydrogens (tertiary/aromatic N) is 1. The summed E-state index contributed by atoms with van der Waals surface area (Å²) >= 11 is 0. The number of rotatable bonds is 3. The molecule has 1 fully saturated rings. The molecule has 2 heterocycles. The summed E-state index contributed by atoms with van der Waals surface area (Å²) in [6.07, 6.45) is 3.11. The highest BCUT2D eigenvalue weighted by Crippen LogP contribution is 2.23. The van der Waals surface area contributed by atoms with Crippen molar-refractivity contribution in [1.29, 1.82) is 0 Å². The van der Waals surface area contributed by atoms with Crippen LogP contribution in [-0.4, -0.2) is 34.1 Å². The summed E-state index contributed by atoms with van der Waals surface area (Å²) in [7, 11) is 0. The minimum absolute atomic E-state index is 0.462. The van der Waals surface area contributed by atoms with Crippen molar-refractivity contribution >= 4 is 11.1 Å². The van der Waals surface area contributed by atoms with E-state index in [2.05, 4.69) is 16.8 Å². The molecule has 0 saturated carbocycles. The van der Waals surface area contributed by atoms with Gasteiger partial charge in [-0.25, -0.2) is 4.79 Å². The largest absolute Gasteiger partial charge is 0.417 e. The van der Waals surface area contributed by atoms with Gasteiger partial charge in [0, 0.05) is 12.6 Å². The molecule has 0 bridgehead atoms. The van der Waals surface area contributed by atoms with Crippen molar-refractivity contribution in [3.8, 4) is 0 Å². The molecule has 20 heavy (non-hydrogen) atoms. The van der Waals surface area contributed by atoms with Crippen LogP contribution in [0.5, 0.6) is 0 Å². The number of aromatic nitrogens is 1. The van der Waals surface area contributed by atoms with Gasteiger partial charge in [-0.2, -0.15) is 0 Å². The zero-order valence-electron chi connectivity index (χ0n) is 11.6. The van der Waals surface area contributed by atoms with Gasteiger partial charge in [0.2, 0.25) is 0 Å². The Bertz CT molecular complexity index is 646. The molecule has 1 aliphatic heterocycles.